The van der Waals surface area contributed by atoms with Crippen molar-refractivity contribution in [1.29, 1.82) is 0 Å². The molecule has 90 valence electrons. The Bertz CT molecular complexity index is 335. The SMILES string of the molecule is CCC1CCCCN1c1nc(C(C)C)no1. The first-order valence-electron chi connectivity index (χ1n) is 6.32. The maximum Gasteiger partial charge on any atom is 0.324 e. The van der Waals surface area contributed by atoms with Gasteiger partial charge < -0.3 is 9.42 Å². The predicted octanol–water partition coefficient (Wildman–Crippen LogP) is 2.96. The van der Waals surface area contributed by atoms with Crippen LogP contribution in [0.3, 0.4) is 0 Å². The van der Waals surface area contributed by atoms with E-state index in [1.54, 1.807) is 0 Å². The highest BCUT2D eigenvalue weighted by molar-refractivity contribution is 5.28. The molecule has 16 heavy (non-hydrogen) atoms. The van der Waals surface area contributed by atoms with Gasteiger partial charge in [-0.15, -0.1) is 0 Å². The Hall–Kier alpha value is -1.06. The normalized spacial score (nSPS) is 21.8. The van der Waals surface area contributed by atoms with Crippen LogP contribution in [-0.4, -0.2) is 22.7 Å². The fraction of sp³-hybridized carbons (Fsp3) is 0.833. The van der Waals surface area contributed by atoms with E-state index in [0.29, 0.717) is 12.0 Å². The van der Waals surface area contributed by atoms with E-state index in [2.05, 4.69) is 35.8 Å². The molecule has 1 aromatic rings. The molecule has 0 aromatic carbocycles. The van der Waals surface area contributed by atoms with Gasteiger partial charge in [-0.25, -0.2) is 0 Å². The number of nitrogens with zero attached hydrogens (tertiary/aromatic N) is 3. The lowest BCUT2D eigenvalue weighted by Crippen LogP contribution is -2.39. The summed E-state index contributed by atoms with van der Waals surface area (Å²) >= 11 is 0. The van der Waals surface area contributed by atoms with E-state index in [1.807, 2.05) is 0 Å². The van der Waals surface area contributed by atoms with Gasteiger partial charge in [0, 0.05) is 18.5 Å². The second-order valence-corrected chi connectivity index (χ2v) is 4.84. The van der Waals surface area contributed by atoms with Gasteiger partial charge in [0.15, 0.2) is 5.82 Å². The number of aromatic nitrogens is 2. The summed E-state index contributed by atoms with van der Waals surface area (Å²) in [5.41, 5.74) is 0. The van der Waals surface area contributed by atoms with Crippen molar-refractivity contribution in [2.45, 2.75) is 58.4 Å². The molecule has 4 nitrogen and oxygen atoms in total. The first kappa shape index (κ1) is 11.4. The molecule has 1 aliphatic rings. The van der Waals surface area contributed by atoms with Crippen molar-refractivity contribution >= 4 is 6.01 Å². The highest BCUT2D eigenvalue weighted by Gasteiger charge is 2.25. The van der Waals surface area contributed by atoms with Crippen LogP contribution in [0, 0.1) is 0 Å². The van der Waals surface area contributed by atoms with E-state index in [9.17, 15) is 0 Å². The lowest BCUT2D eigenvalue weighted by Gasteiger charge is -2.33. The van der Waals surface area contributed by atoms with E-state index >= 15 is 0 Å². The second-order valence-electron chi connectivity index (χ2n) is 4.84. The quantitative estimate of drug-likeness (QED) is 0.790. The third kappa shape index (κ3) is 2.20. The average Bonchev–Trinajstić information content (AvgIpc) is 2.78. The Morgan fingerprint density at radius 1 is 1.44 bits per heavy atom. The van der Waals surface area contributed by atoms with Crippen molar-refractivity contribution in [2.24, 2.45) is 0 Å². The number of rotatable bonds is 3. The van der Waals surface area contributed by atoms with E-state index < -0.39 is 0 Å². The van der Waals surface area contributed by atoms with Crippen LogP contribution in [-0.2, 0) is 0 Å². The van der Waals surface area contributed by atoms with E-state index in [1.165, 1.54) is 19.3 Å². The molecule has 0 amide bonds. The van der Waals surface area contributed by atoms with Crippen molar-refractivity contribution in [3.8, 4) is 0 Å². The maximum atomic E-state index is 5.36. The minimum absolute atomic E-state index is 0.336. The number of hydrogen-bond acceptors (Lipinski definition) is 4. The Balaban J connectivity index is 2.14. The van der Waals surface area contributed by atoms with E-state index in [0.717, 1.165) is 24.8 Å². The molecule has 0 N–H and O–H groups in total. The topological polar surface area (TPSA) is 42.2 Å². The zero-order valence-corrected chi connectivity index (χ0v) is 10.4. The second kappa shape index (κ2) is 4.85. The first-order chi connectivity index (χ1) is 7.72. The molecule has 1 saturated heterocycles. The summed E-state index contributed by atoms with van der Waals surface area (Å²) in [6, 6.07) is 1.30. The van der Waals surface area contributed by atoms with E-state index in [-0.39, 0.29) is 0 Å². The summed E-state index contributed by atoms with van der Waals surface area (Å²) < 4.78 is 5.36. The summed E-state index contributed by atoms with van der Waals surface area (Å²) in [6.45, 7) is 7.45. The lowest BCUT2D eigenvalue weighted by atomic mass is 10.0. The zero-order valence-electron chi connectivity index (χ0n) is 10.4. The van der Waals surface area contributed by atoms with Crippen LogP contribution >= 0.6 is 0 Å². The Morgan fingerprint density at radius 3 is 2.88 bits per heavy atom. The predicted molar refractivity (Wildman–Crippen MR) is 63.7 cm³/mol. The molecule has 1 fully saturated rings. The van der Waals surface area contributed by atoms with Gasteiger partial charge in [0.05, 0.1) is 0 Å². The summed E-state index contributed by atoms with van der Waals surface area (Å²) in [4.78, 5) is 6.76. The van der Waals surface area contributed by atoms with Gasteiger partial charge in [0.1, 0.15) is 0 Å². The molecule has 0 aliphatic carbocycles. The highest BCUT2D eigenvalue weighted by atomic mass is 16.5. The van der Waals surface area contributed by atoms with Gasteiger partial charge in [-0.05, 0) is 25.7 Å². The summed E-state index contributed by atoms with van der Waals surface area (Å²) in [5.74, 6) is 1.15. The van der Waals surface area contributed by atoms with Crippen molar-refractivity contribution in [1.82, 2.24) is 10.1 Å². The molecule has 1 aromatic heterocycles. The minimum atomic E-state index is 0.336. The largest absolute Gasteiger partial charge is 0.324 e. The molecular weight excluding hydrogens is 202 g/mol. The van der Waals surface area contributed by atoms with Crippen LogP contribution in [0.4, 0.5) is 6.01 Å². The number of piperidine rings is 1. The Labute approximate surface area is 97.0 Å². The molecule has 0 spiro atoms. The average molecular weight is 223 g/mol. The molecule has 0 saturated carbocycles. The first-order valence-corrected chi connectivity index (χ1v) is 6.32. The van der Waals surface area contributed by atoms with Crippen LogP contribution < -0.4 is 4.90 Å². The number of anilines is 1. The van der Waals surface area contributed by atoms with Gasteiger partial charge in [-0.2, -0.15) is 4.98 Å². The zero-order chi connectivity index (χ0) is 11.5. The summed E-state index contributed by atoms with van der Waals surface area (Å²) in [7, 11) is 0. The van der Waals surface area contributed by atoms with Gasteiger partial charge in [0.2, 0.25) is 0 Å². The van der Waals surface area contributed by atoms with Gasteiger partial charge in [-0.1, -0.05) is 25.9 Å². The van der Waals surface area contributed by atoms with Crippen molar-refractivity contribution in [3.63, 3.8) is 0 Å². The van der Waals surface area contributed by atoms with Crippen molar-refractivity contribution < 1.29 is 4.52 Å². The van der Waals surface area contributed by atoms with Crippen LogP contribution in [0.25, 0.3) is 0 Å². The molecule has 0 bridgehead atoms. The molecule has 2 heterocycles. The fourth-order valence-corrected chi connectivity index (χ4v) is 2.25. The molecule has 4 heteroatoms. The highest BCUT2D eigenvalue weighted by Crippen LogP contribution is 2.26. The van der Waals surface area contributed by atoms with Crippen molar-refractivity contribution in [2.75, 3.05) is 11.4 Å². The lowest BCUT2D eigenvalue weighted by molar-refractivity contribution is 0.364. The van der Waals surface area contributed by atoms with Crippen molar-refractivity contribution in [3.05, 3.63) is 5.82 Å². The third-order valence-electron chi connectivity index (χ3n) is 3.29. The molecule has 1 unspecified atom stereocenters. The fourth-order valence-electron chi connectivity index (χ4n) is 2.25. The van der Waals surface area contributed by atoms with E-state index in [4.69, 9.17) is 4.52 Å². The summed E-state index contributed by atoms with van der Waals surface area (Å²) in [5, 5.41) is 4.03. The van der Waals surface area contributed by atoms with Crippen LogP contribution in [0.1, 0.15) is 58.2 Å². The van der Waals surface area contributed by atoms with Crippen LogP contribution in [0.15, 0.2) is 4.52 Å². The van der Waals surface area contributed by atoms with Gasteiger partial charge >= 0.3 is 6.01 Å². The van der Waals surface area contributed by atoms with Gasteiger partial charge in [-0.3, -0.25) is 0 Å². The monoisotopic (exact) mass is 223 g/mol. The maximum absolute atomic E-state index is 5.36. The molecular formula is C12H21N3O. The van der Waals surface area contributed by atoms with Crippen LogP contribution in [0.5, 0.6) is 0 Å². The smallest absolute Gasteiger partial charge is 0.321 e. The summed E-state index contributed by atoms with van der Waals surface area (Å²) in [6.07, 6.45) is 4.95. The molecule has 2 rings (SSSR count). The van der Waals surface area contributed by atoms with Gasteiger partial charge in [0.25, 0.3) is 0 Å². The minimum Gasteiger partial charge on any atom is -0.321 e. The standard InChI is InChI=1S/C12H21N3O/c1-4-10-7-5-6-8-15(10)12-13-11(9(2)3)14-16-12/h9-10H,4-8H2,1-3H3. The van der Waals surface area contributed by atoms with Crippen LogP contribution in [0.2, 0.25) is 0 Å². The third-order valence-corrected chi connectivity index (χ3v) is 3.29. The Morgan fingerprint density at radius 2 is 2.25 bits per heavy atom. The molecule has 1 atom stereocenters. The molecule has 1 aliphatic heterocycles. The molecule has 0 radical (unpaired) electrons. The Kier molecular flexibility index (Phi) is 3.46. The number of hydrogen-bond donors (Lipinski definition) is 0.